The normalized spacial score (nSPS) is 16.2. The van der Waals surface area contributed by atoms with Crippen LogP contribution in [0, 0.1) is 44.4 Å². The summed E-state index contributed by atoms with van der Waals surface area (Å²) in [6.07, 6.45) is 6.47. The lowest BCUT2D eigenvalue weighted by atomic mass is 9.90. The number of anilines is 5. The number of rotatable bonds is 8. The van der Waals surface area contributed by atoms with E-state index in [2.05, 4.69) is 138 Å². The van der Waals surface area contributed by atoms with Crippen LogP contribution in [0.3, 0.4) is 0 Å². The fourth-order valence-corrected chi connectivity index (χ4v) is 8.16. The molecule has 0 radical (unpaired) electrons. The number of benzene rings is 3. The van der Waals surface area contributed by atoms with Gasteiger partial charge in [0.1, 0.15) is 5.76 Å². The lowest BCUT2D eigenvalue weighted by molar-refractivity contribution is -0.118. The number of furan rings is 1. The quantitative estimate of drug-likeness (QED) is 0.190. The van der Waals surface area contributed by atoms with E-state index in [0.29, 0.717) is 18.8 Å². The number of aryl methyl sites for hydroxylation is 5. The molecule has 1 atom stereocenters. The fourth-order valence-electron chi connectivity index (χ4n) is 8.16. The molecule has 2 N–H and O–H groups in total. The van der Waals surface area contributed by atoms with E-state index in [9.17, 15) is 9.59 Å². The van der Waals surface area contributed by atoms with Crippen molar-refractivity contribution in [3.05, 3.63) is 99.5 Å². The number of hydrogen-bond donors (Lipinski definition) is 2. The third-order valence-corrected chi connectivity index (χ3v) is 10.6. The van der Waals surface area contributed by atoms with Crippen LogP contribution < -0.4 is 20.4 Å². The Hall–Kier alpha value is -4.52. The van der Waals surface area contributed by atoms with Crippen molar-refractivity contribution >= 4 is 40.3 Å². The second-order valence-electron chi connectivity index (χ2n) is 18.2. The van der Waals surface area contributed by atoms with Gasteiger partial charge in [-0.15, -0.1) is 0 Å². The Morgan fingerprint density at radius 2 is 1.38 bits per heavy atom. The number of hydrogen-bond acceptors (Lipinski definition) is 5. The number of carbonyl (C=O) groups excluding carboxylic acids is 2. The molecule has 2 aliphatic rings. The maximum atomic E-state index is 13.5. The molecule has 7 nitrogen and oxygen atoms in total. The summed E-state index contributed by atoms with van der Waals surface area (Å²) in [4.78, 5) is 31.4. The maximum absolute atomic E-state index is 13.5. The molecule has 282 valence electrons. The third kappa shape index (κ3) is 9.35. The standard InChI is InChI=1S/C46H60N4O3/c1-29-11-14-39-34(19-29)13-12-33(27-50(39)38-21-30(2)43(31(3)22-38)47-41(51)25-45(5,6)7)23-36-24-37(49-17-15-40-35(28-49)16-18-53-40)20-32(4)44(36)48-42(52)26-46(8,9)10/h11,14,16,18-22,24,33H,12-13,15,17,23,25-28H2,1-10H3,(H,47,51)(H,48,52). The van der Waals surface area contributed by atoms with Crippen LogP contribution in [0.1, 0.15) is 106 Å². The highest BCUT2D eigenvalue weighted by molar-refractivity contribution is 5.94. The molecule has 0 aliphatic carbocycles. The summed E-state index contributed by atoms with van der Waals surface area (Å²) in [5.41, 5.74) is 13.5. The zero-order valence-corrected chi connectivity index (χ0v) is 33.8. The summed E-state index contributed by atoms with van der Waals surface area (Å²) in [6.45, 7) is 23.7. The van der Waals surface area contributed by atoms with Crippen molar-refractivity contribution in [3.8, 4) is 0 Å². The predicted octanol–water partition coefficient (Wildman–Crippen LogP) is 10.8. The molecular formula is C46H60N4O3. The van der Waals surface area contributed by atoms with Crippen LogP contribution in [0.2, 0.25) is 0 Å². The summed E-state index contributed by atoms with van der Waals surface area (Å²) in [7, 11) is 0. The van der Waals surface area contributed by atoms with Gasteiger partial charge in [0, 0.05) is 72.9 Å². The Balaban J connectivity index is 1.35. The average Bonchev–Trinajstić information content (AvgIpc) is 3.44. The summed E-state index contributed by atoms with van der Waals surface area (Å²) < 4.78 is 5.74. The number of fused-ring (bicyclic) bond motifs is 2. The van der Waals surface area contributed by atoms with Gasteiger partial charge in [-0.25, -0.2) is 0 Å². The maximum Gasteiger partial charge on any atom is 0.224 e. The molecule has 6 rings (SSSR count). The minimum absolute atomic E-state index is 0.0461. The van der Waals surface area contributed by atoms with Gasteiger partial charge in [-0.1, -0.05) is 59.2 Å². The molecule has 1 unspecified atom stereocenters. The van der Waals surface area contributed by atoms with Crippen molar-refractivity contribution in [3.63, 3.8) is 0 Å². The Morgan fingerprint density at radius 3 is 2.04 bits per heavy atom. The van der Waals surface area contributed by atoms with Gasteiger partial charge >= 0.3 is 0 Å². The lowest BCUT2D eigenvalue weighted by Crippen LogP contribution is -2.30. The van der Waals surface area contributed by atoms with Gasteiger partial charge in [0.2, 0.25) is 11.8 Å². The van der Waals surface area contributed by atoms with Crippen LogP contribution in [0.15, 0.2) is 59.2 Å². The summed E-state index contributed by atoms with van der Waals surface area (Å²) in [5.74, 6) is 1.51. The van der Waals surface area contributed by atoms with Gasteiger partial charge in [-0.05, 0) is 128 Å². The van der Waals surface area contributed by atoms with Gasteiger partial charge in [-0.2, -0.15) is 0 Å². The van der Waals surface area contributed by atoms with E-state index in [1.165, 1.54) is 33.6 Å². The van der Waals surface area contributed by atoms with E-state index in [-0.39, 0.29) is 22.6 Å². The van der Waals surface area contributed by atoms with Crippen molar-refractivity contribution in [1.29, 1.82) is 0 Å². The Morgan fingerprint density at radius 1 is 0.755 bits per heavy atom. The number of amides is 2. The van der Waals surface area contributed by atoms with Crippen molar-refractivity contribution in [1.82, 2.24) is 0 Å². The molecule has 0 fully saturated rings. The van der Waals surface area contributed by atoms with Crippen molar-refractivity contribution < 1.29 is 14.0 Å². The fraction of sp³-hybridized carbons (Fsp3) is 0.478. The highest BCUT2D eigenvalue weighted by Crippen LogP contribution is 2.40. The predicted molar refractivity (Wildman–Crippen MR) is 220 cm³/mol. The summed E-state index contributed by atoms with van der Waals surface area (Å²) in [6, 6.07) is 18.0. The first-order valence-electron chi connectivity index (χ1n) is 19.4. The second-order valence-corrected chi connectivity index (χ2v) is 18.2. The molecule has 4 aromatic rings. The van der Waals surface area contributed by atoms with E-state index in [4.69, 9.17) is 4.42 Å². The largest absolute Gasteiger partial charge is 0.469 e. The molecule has 1 aromatic heterocycles. The smallest absolute Gasteiger partial charge is 0.224 e. The highest BCUT2D eigenvalue weighted by Gasteiger charge is 2.28. The molecule has 0 bridgehead atoms. The number of carbonyl (C=O) groups is 2. The first-order valence-corrected chi connectivity index (χ1v) is 19.4. The molecule has 3 aromatic carbocycles. The van der Waals surface area contributed by atoms with Crippen LogP contribution >= 0.6 is 0 Å². The van der Waals surface area contributed by atoms with E-state index in [1.54, 1.807) is 6.26 Å². The average molecular weight is 717 g/mol. The molecule has 0 saturated carbocycles. The molecule has 0 spiro atoms. The summed E-state index contributed by atoms with van der Waals surface area (Å²) in [5, 5.41) is 6.60. The molecule has 53 heavy (non-hydrogen) atoms. The zero-order chi connectivity index (χ0) is 38.2. The SMILES string of the molecule is Cc1ccc2c(c1)CCC(Cc1cc(N3CCc4occc4C3)cc(C)c1NC(=O)CC(C)(C)C)CN2c1cc(C)c(NC(=O)CC(C)(C)C)c(C)c1. The molecule has 3 heterocycles. The van der Waals surface area contributed by atoms with E-state index >= 15 is 0 Å². The lowest BCUT2D eigenvalue weighted by Gasteiger charge is -2.32. The van der Waals surface area contributed by atoms with Crippen molar-refractivity contribution in [2.45, 2.75) is 114 Å². The number of nitrogens with one attached hydrogen (secondary N) is 2. The molecule has 2 aliphatic heterocycles. The third-order valence-electron chi connectivity index (χ3n) is 10.6. The monoisotopic (exact) mass is 716 g/mol. The first-order chi connectivity index (χ1) is 24.9. The van der Waals surface area contributed by atoms with Crippen LogP contribution in [-0.4, -0.2) is 24.9 Å². The summed E-state index contributed by atoms with van der Waals surface area (Å²) >= 11 is 0. The Bertz CT molecular complexity index is 1970. The van der Waals surface area contributed by atoms with Crippen molar-refractivity contribution in [2.24, 2.45) is 16.7 Å². The molecule has 7 heteroatoms. The zero-order valence-electron chi connectivity index (χ0n) is 33.8. The topological polar surface area (TPSA) is 77.8 Å². The van der Waals surface area contributed by atoms with Gasteiger partial charge < -0.3 is 24.9 Å². The van der Waals surface area contributed by atoms with Crippen LogP contribution in [0.5, 0.6) is 0 Å². The van der Waals surface area contributed by atoms with E-state index < -0.39 is 0 Å². The van der Waals surface area contributed by atoms with Crippen molar-refractivity contribution in [2.75, 3.05) is 33.5 Å². The van der Waals surface area contributed by atoms with E-state index in [0.717, 1.165) is 84.8 Å². The molecule has 2 amide bonds. The first kappa shape index (κ1) is 38.2. The highest BCUT2D eigenvalue weighted by atomic mass is 16.3. The van der Waals surface area contributed by atoms with Gasteiger partial charge in [0.05, 0.1) is 6.26 Å². The Labute approximate surface area is 317 Å². The molecular weight excluding hydrogens is 657 g/mol. The van der Waals surface area contributed by atoms with E-state index in [1.807, 2.05) is 0 Å². The minimum Gasteiger partial charge on any atom is -0.469 e. The Kier molecular flexibility index (Phi) is 10.9. The second kappa shape index (κ2) is 15.1. The van der Waals surface area contributed by atoms with Gasteiger partial charge in [0.25, 0.3) is 0 Å². The van der Waals surface area contributed by atoms with Crippen LogP contribution in [0.25, 0.3) is 0 Å². The van der Waals surface area contributed by atoms with Crippen LogP contribution in [0.4, 0.5) is 28.4 Å². The minimum atomic E-state index is -0.110. The molecule has 0 saturated heterocycles. The van der Waals surface area contributed by atoms with Gasteiger partial charge in [-0.3, -0.25) is 9.59 Å². The number of nitrogens with zero attached hydrogens (tertiary/aromatic N) is 2. The van der Waals surface area contributed by atoms with Gasteiger partial charge in [0.15, 0.2) is 0 Å². The van der Waals surface area contributed by atoms with Crippen LogP contribution in [-0.2, 0) is 35.4 Å².